The molecule has 190 valence electrons. The van der Waals surface area contributed by atoms with E-state index in [0.29, 0.717) is 36.1 Å². The third-order valence-corrected chi connectivity index (χ3v) is 5.32. The molecule has 0 aliphatic heterocycles. The molecule has 1 heterocycles. The molecule has 0 aliphatic rings. The molecule has 0 saturated carbocycles. The zero-order valence-electron chi connectivity index (χ0n) is 21.5. The maximum Gasteiger partial charge on any atom is 0.331 e. The van der Waals surface area contributed by atoms with Crippen LogP contribution in [0, 0.1) is 20.8 Å². The van der Waals surface area contributed by atoms with Crippen molar-refractivity contribution in [3.63, 3.8) is 0 Å². The molecule has 1 amide bonds. The Labute approximate surface area is 211 Å². The van der Waals surface area contributed by atoms with Crippen LogP contribution in [0.4, 0.5) is 5.69 Å². The molecule has 3 rings (SSSR count). The fourth-order valence-corrected chi connectivity index (χ4v) is 3.51. The number of nitrogens with one attached hydrogen (secondary N) is 1. The standard InChI is InChI=1S/C28H33N3O5/c1-6-16-35-24-14-10-22(17-25(24)34-7-2)11-15-27(33)36-18-26(32)29-28-20(4)30-31(21(28)5)23-12-8-19(3)9-13-23/h8-15,17H,6-7,16,18H2,1-5H3,(H,29,32)/b15-11+. The minimum absolute atomic E-state index is 0.411. The van der Waals surface area contributed by atoms with Gasteiger partial charge in [-0.05, 0) is 70.0 Å². The molecule has 0 aliphatic carbocycles. The lowest BCUT2D eigenvalue weighted by Crippen LogP contribution is -2.20. The lowest BCUT2D eigenvalue weighted by molar-refractivity contribution is -0.142. The Morgan fingerprint density at radius 3 is 2.44 bits per heavy atom. The second kappa shape index (κ2) is 12.6. The Bertz CT molecular complexity index is 1230. The van der Waals surface area contributed by atoms with E-state index in [2.05, 4.69) is 10.4 Å². The van der Waals surface area contributed by atoms with Gasteiger partial charge < -0.3 is 19.5 Å². The molecule has 8 heteroatoms. The first kappa shape index (κ1) is 26.5. The summed E-state index contributed by atoms with van der Waals surface area (Å²) >= 11 is 0. The summed E-state index contributed by atoms with van der Waals surface area (Å²) in [5, 5.41) is 7.33. The van der Waals surface area contributed by atoms with E-state index in [4.69, 9.17) is 14.2 Å². The summed E-state index contributed by atoms with van der Waals surface area (Å²) in [4.78, 5) is 24.6. The molecule has 8 nitrogen and oxygen atoms in total. The second-order valence-corrected chi connectivity index (χ2v) is 8.27. The Morgan fingerprint density at radius 2 is 1.75 bits per heavy atom. The highest BCUT2D eigenvalue weighted by Crippen LogP contribution is 2.29. The van der Waals surface area contributed by atoms with E-state index in [1.165, 1.54) is 6.08 Å². The summed E-state index contributed by atoms with van der Waals surface area (Å²) in [5.74, 6) is 0.199. The van der Waals surface area contributed by atoms with Crippen molar-refractivity contribution in [3.8, 4) is 17.2 Å². The van der Waals surface area contributed by atoms with Crippen LogP contribution < -0.4 is 14.8 Å². The van der Waals surface area contributed by atoms with Gasteiger partial charge in [0.15, 0.2) is 18.1 Å². The number of aromatic nitrogens is 2. The maximum atomic E-state index is 12.4. The monoisotopic (exact) mass is 491 g/mol. The third-order valence-electron chi connectivity index (χ3n) is 5.32. The van der Waals surface area contributed by atoms with Crippen molar-refractivity contribution < 1.29 is 23.8 Å². The fourth-order valence-electron chi connectivity index (χ4n) is 3.51. The first-order valence-corrected chi connectivity index (χ1v) is 12.0. The fraction of sp³-hybridized carbons (Fsp3) is 0.321. The molecule has 0 fully saturated rings. The van der Waals surface area contributed by atoms with Gasteiger partial charge in [-0.1, -0.05) is 30.7 Å². The molecule has 0 saturated heterocycles. The summed E-state index contributed by atoms with van der Waals surface area (Å²) in [6.07, 6.45) is 3.77. The van der Waals surface area contributed by atoms with Crippen LogP contribution in [-0.2, 0) is 14.3 Å². The van der Waals surface area contributed by atoms with Gasteiger partial charge in [0.2, 0.25) is 0 Å². The highest BCUT2D eigenvalue weighted by molar-refractivity contribution is 5.95. The van der Waals surface area contributed by atoms with Crippen molar-refractivity contribution in [1.82, 2.24) is 9.78 Å². The van der Waals surface area contributed by atoms with Gasteiger partial charge in [0.25, 0.3) is 5.91 Å². The van der Waals surface area contributed by atoms with Gasteiger partial charge in [-0.2, -0.15) is 5.10 Å². The zero-order valence-corrected chi connectivity index (χ0v) is 21.5. The highest BCUT2D eigenvalue weighted by Gasteiger charge is 2.16. The van der Waals surface area contributed by atoms with Crippen molar-refractivity contribution in [2.75, 3.05) is 25.1 Å². The summed E-state index contributed by atoms with van der Waals surface area (Å²) in [7, 11) is 0. The molecule has 1 N–H and O–H groups in total. The Kier molecular flexibility index (Phi) is 9.27. The quantitative estimate of drug-likeness (QED) is 0.294. The van der Waals surface area contributed by atoms with Gasteiger partial charge in [0.05, 0.1) is 36.0 Å². The molecular formula is C28H33N3O5. The van der Waals surface area contributed by atoms with Crippen molar-refractivity contribution >= 4 is 23.6 Å². The lowest BCUT2D eigenvalue weighted by Gasteiger charge is -2.12. The number of benzene rings is 2. The maximum absolute atomic E-state index is 12.4. The first-order valence-electron chi connectivity index (χ1n) is 12.0. The van der Waals surface area contributed by atoms with Gasteiger partial charge >= 0.3 is 5.97 Å². The van der Waals surface area contributed by atoms with Gasteiger partial charge in [-0.25, -0.2) is 9.48 Å². The number of nitrogens with zero attached hydrogens (tertiary/aromatic N) is 2. The molecule has 0 radical (unpaired) electrons. The summed E-state index contributed by atoms with van der Waals surface area (Å²) in [6.45, 7) is 10.3. The summed E-state index contributed by atoms with van der Waals surface area (Å²) in [5.41, 5.74) is 4.85. The molecule has 0 atom stereocenters. The van der Waals surface area contributed by atoms with E-state index in [9.17, 15) is 9.59 Å². The number of hydrogen-bond acceptors (Lipinski definition) is 6. The number of esters is 1. The van der Waals surface area contributed by atoms with E-state index in [0.717, 1.165) is 28.9 Å². The van der Waals surface area contributed by atoms with Crippen LogP contribution in [-0.4, -0.2) is 41.5 Å². The molecule has 0 bridgehead atoms. The lowest BCUT2D eigenvalue weighted by atomic mass is 10.2. The molecule has 1 aromatic heterocycles. The van der Waals surface area contributed by atoms with Crippen LogP contribution in [0.2, 0.25) is 0 Å². The van der Waals surface area contributed by atoms with E-state index < -0.39 is 18.5 Å². The number of anilines is 1. The van der Waals surface area contributed by atoms with Crippen molar-refractivity contribution in [1.29, 1.82) is 0 Å². The van der Waals surface area contributed by atoms with Gasteiger partial charge in [0, 0.05) is 6.08 Å². The number of hydrogen-bond donors (Lipinski definition) is 1. The predicted molar refractivity (Wildman–Crippen MR) is 140 cm³/mol. The number of carbonyl (C=O) groups excluding carboxylic acids is 2. The molecular weight excluding hydrogens is 458 g/mol. The Hall–Kier alpha value is -4.07. The number of ether oxygens (including phenoxy) is 3. The number of amides is 1. The molecule has 3 aromatic rings. The number of aryl methyl sites for hydroxylation is 2. The van der Waals surface area contributed by atoms with Gasteiger partial charge in [-0.15, -0.1) is 0 Å². The van der Waals surface area contributed by atoms with E-state index in [1.807, 2.05) is 65.0 Å². The molecule has 36 heavy (non-hydrogen) atoms. The largest absolute Gasteiger partial charge is 0.490 e. The minimum atomic E-state index is -0.627. The Balaban J connectivity index is 1.58. The van der Waals surface area contributed by atoms with Crippen LogP contribution in [0.1, 0.15) is 42.8 Å². The molecule has 0 spiro atoms. The molecule has 0 unspecified atom stereocenters. The van der Waals surface area contributed by atoms with Crippen LogP contribution in [0.5, 0.6) is 11.5 Å². The third kappa shape index (κ3) is 6.97. The van der Waals surface area contributed by atoms with Crippen LogP contribution in [0.15, 0.2) is 48.5 Å². The molecule has 2 aromatic carbocycles. The van der Waals surface area contributed by atoms with Gasteiger partial charge in [0.1, 0.15) is 0 Å². The van der Waals surface area contributed by atoms with E-state index in [1.54, 1.807) is 22.9 Å². The van der Waals surface area contributed by atoms with Crippen molar-refractivity contribution in [3.05, 3.63) is 71.1 Å². The average molecular weight is 492 g/mol. The van der Waals surface area contributed by atoms with Crippen LogP contribution in [0.3, 0.4) is 0 Å². The Morgan fingerprint density at radius 1 is 1.00 bits per heavy atom. The SMILES string of the molecule is CCCOc1ccc(/C=C/C(=O)OCC(=O)Nc2c(C)nn(-c3ccc(C)cc3)c2C)cc1OCC. The number of rotatable bonds is 11. The summed E-state index contributed by atoms with van der Waals surface area (Å²) < 4.78 is 18.2. The van der Waals surface area contributed by atoms with Crippen molar-refractivity contribution in [2.45, 2.75) is 41.0 Å². The summed E-state index contributed by atoms with van der Waals surface area (Å²) in [6, 6.07) is 13.4. The van der Waals surface area contributed by atoms with Gasteiger partial charge in [-0.3, -0.25) is 4.79 Å². The average Bonchev–Trinajstić information content (AvgIpc) is 3.14. The highest BCUT2D eigenvalue weighted by atomic mass is 16.5. The first-order chi connectivity index (χ1) is 17.3. The number of carbonyl (C=O) groups is 2. The van der Waals surface area contributed by atoms with Crippen LogP contribution in [0.25, 0.3) is 11.8 Å². The van der Waals surface area contributed by atoms with Crippen LogP contribution >= 0.6 is 0 Å². The minimum Gasteiger partial charge on any atom is -0.490 e. The second-order valence-electron chi connectivity index (χ2n) is 8.27. The zero-order chi connectivity index (χ0) is 26.1. The smallest absolute Gasteiger partial charge is 0.331 e. The predicted octanol–water partition coefficient (Wildman–Crippen LogP) is 5.18. The van der Waals surface area contributed by atoms with E-state index >= 15 is 0 Å². The van der Waals surface area contributed by atoms with Crippen molar-refractivity contribution in [2.24, 2.45) is 0 Å². The topological polar surface area (TPSA) is 91.7 Å². The normalized spacial score (nSPS) is 10.9. The van der Waals surface area contributed by atoms with E-state index in [-0.39, 0.29) is 0 Å².